The Morgan fingerprint density at radius 3 is 2.12 bits per heavy atom. The molecule has 50 heavy (non-hydrogen) atoms. The van der Waals surface area contributed by atoms with E-state index >= 15 is 0 Å². The second-order valence-electron chi connectivity index (χ2n) is 14.2. The number of rotatable bonds is 4. The van der Waals surface area contributed by atoms with Gasteiger partial charge in [0.2, 0.25) is 0 Å². The third-order valence-corrected chi connectivity index (χ3v) is 11.0. The molecular formula is C48H35NO. The Balaban J connectivity index is 1.30. The summed E-state index contributed by atoms with van der Waals surface area (Å²) >= 11 is 0. The molecule has 9 aromatic rings. The van der Waals surface area contributed by atoms with Crippen molar-refractivity contribution in [3.63, 3.8) is 0 Å². The predicted octanol–water partition coefficient (Wildman–Crippen LogP) is 13.6. The van der Waals surface area contributed by atoms with Crippen LogP contribution in [0.25, 0.3) is 65.7 Å². The van der Waals surface area contributed by atoms with Crippen LogP contribution in [0.1, 0.15) is 30.5 Å². The Morgan fingerprint density at radius 1 is 0.520 bits per heavy atom. The number of benzene rings is 8. The summed E-state index contributed by atoms with van der Waals surface area (Å²) in [4.78, 5) is 2.48. The first-order valence-electron chi connectivity index (χ1n) is 17.4. The van der Waals surface area contributed by atoms with E-state index in [2.05, 4.69) is 183 Å². The molecule has 0 saturated carbocycles. The molecule has 0 spiro atoms. The standard InChI is InChI=1S/C48H35NO/c1-30-14-13-23-44-45(30)39-29-43(36-20-9-10-21-37(36)47(39)50-44)49(42-22-12-11-18-34(42)31-15-5-4-6-16-31)33-25-26-38-41(28-33)48(2,3)40-27-24-32-17-7-8-19-35(32)46(38)40/h4-29H,1-3H3. The monoisotopic (exact) mass is 641 g/mol. The number of para-hydroxylation sites is 1. The Hall–Kier alpha value is -6.12. The Kier molecular flexibility index (Phi) is 6.17. The normalized spacial score (nSPS) is 13.3. The highest BCUT2D eigenvalue weighted by Gasteiger charge is 2.37. The molecule has 0 amide bonds. The molecule has 1 aliphatic carbocycles. The Bertz CT molecular complexity index is 2800. The molecule has 0 radical (unpaired) electrons. The van der Waals surface area contributed by atoms with Crippen molar-refractivity contribution >= 4 is 60.5 Å². The molecule has 1 aromatic heterocycles. The van der Waals surface area contributed by atoms with E-state index in [1.165, 1.54) is 55.1 Å². The summed E-state index contributed by atoms with van der Waals surface area (Å²) in [6, 6.07) is 57.5. The van der Waals surface area contributed by atoms with Crippen molar-refractivity contribution in [3.8, 4) is 22.3 Å². The lowest BCUT2D eigenvalue weighted by Gasteiger charge is -2.31. The van der Waals surface area contributed by atoms with Crippen LogP contribution >= 0.6 is 0 Å². The van der Waals surface area contributed by atoms with Crippen LogP contribution in [-0.4, -0.2) is 0 Å². The molecule has 0 atom stereocenters. The highest BCUT2D eigenvalue weighted by molar-refractivity contribution is 6.20. The number of fused-ring (bicyclic) bond motifs is 10. The van der Waals surface area contributed by atoms with E-state index in [4.69, 9.17) is 4.42 Å². The van der Waals surface area contributed by atoms with E-state index in [9.17, 15) is 0 Å². The van der Waals surface area contributed by atoms with Gasteiger partial charge in [0.05, 0.1) is 11.4 Å². The Labute approximate surface area is 291 Å². The van der Waals surface area contributed by atoms with E-state index in [1.54, 1.807) is 0 Å². The van der Waals surface area contributed by atoms with Gasteiger partial charge < -0.3 is 9.32 Å². The van der Waals surface area contributed by atoms with Crippen LogP contribution in [0.5, 0.6) is 0 Å². The SMILES string of the molecule is Cc1cccc2oc3c4ccccc4c(N(c4ccc5c(c4)C(C)(C)c4ccc6ccccc6c4-5)c4ccccc4-c4ccccc4)cc3c12. The second kappa shape index (κ2) is 10.7. The van der Waals surface area contributed by atoms with Crippen molar-refractivity contribution in [3.05, 3.63) is 174 Å². The number of hydrogen-bond acceptors (Lipinski definition) is 2. The van der Waals surface area contributed by atoms with Crippen molar-refractivity contribution in [2.45, 2.75) is 26.2 Å². The first-order valence-corrected chi connectivity index (χ1v) is 17.4. The maximum absolute atomic E-state index is 6.63. The molecular weight excluding hydrogens is 607 g/mol. The summed E-state index contributed by atoms with van der Waals surface area (Å²) in [5.41, 5.74) is 14.1. The molecule has 0 N–H and O–H groups in total. The molecule has 0 unspecified atom stereocenters. The van der Waals surface area contributed by atoms with Crippen molar-refractivity contribution in [2.24, 2.45) is 0 Å². The van der Waals surface area contributed by atoms with Crippen LogP contribution in [0.4, 0.5) is 17.1 Å². The molecule has 10 rings (SSSR count). The number of nitrogens with zero attached hydrogens (tertiary/aromatic N) is 1. The van der Waals surface area contributed by atoms with Gasteiger partial charge in [-0.25, -0.2) is 0 Å². The zero-order valence-electron chi connectivity index (χ0n) is 28.4. The van der Waals surface area contributed by atoms with Crippen LogP contribution in [-0.2, 0) is 5.41 Å². The molecule has 0 saturated heterocycles. The summed E-state index contributed by atoms with van der Waals surface area (Å²) in [7, 11) is 0. The number of hydrogen-bond donors (Lipinski definition) is 0. The van der Waals surface area contributed by atoms with Crippen LogP contribution in [0.3, 0.4) is 0 Å². The maximum Gasteiger partial charge on any atom is 0.143 e. The third-order valence-electron chi connectivity index (χ3n) is 11.0. The average Bonchev–Trinajstić information content (AvgIpc) is 3.65. The lowest BCUT2D eigenvalue weighted by molar-refractivity contribution is 0.661. The fraction of sp³-hybridized carbons (Fsp3) is 0.0833. The smallest absolute Gasteiger partial charge is 0.143 e. The van der Waals surface area contributed by atoms with Gasteiger partial charge in [-0.2, -0.15) is 0 Å². The summed E-state index contributed by atoms with van der Waals surface area (Å²) in [6.45, 7) is 6.93. The lowest BCUT2D eigenvalue weighted by Crippen LogP contribution is -2.17. The van der Waals surface area contributed by atoms with Crippen LogP contribution in [0.15, 0.2) is 162 Å². The minimum Gasteiger partial charge on any atom is -0.455 e. The minimum atomic E-state index is -0.167. The molecule has 1 aliphatic rings. The van der Waals surface area contributed by atoms with Crippen molar-refractivity contribution in [1.82, 2.24) is 0 Å². The number of anilines is 3. The predicted molar refractivity (Wildman–Crippen MR) is 211 cm³/mol. The molecule has 8 aromatic carbocycles. The molecule has 238 valence electrons. The summed E-state index contributed by atoms with van der Waals surface area (Å²) in [6.07, 6.45) is 0. The van der Waals surface area contributed by atoms with E-state index in [-0.39, 0.29) is 5.41 Å². The van der Waals surface area contributed by atoms with Crippen molar-refractivity contribution in [2.75, 3.05) is 4.90 Å². The average molecular weight is 642 g/mol. The van der Waals surface area contributed by atoms with E-state index in [1.807, 2.05) is 0 Å². The van der Waals surface area contributed by atoms with E-state index in [0.29, 0.717) is 0 Å². The van der Waals surface area contributed by atoms with E-state index in [0.717, 1.165) is 44.4 Å². The van der Waals surface area contributed by atoms with Gasteiger partial charge in [-0.05, 0) is 81.4 Å². The summed E-state index contributed by atoms with van der Waals surface area (Å²) in [5, 5.41) is 7.15. The van der Waals surface area contributed by atoms with Crippen molar-refractivity contribution < 1.29 is 4.42 Å². The van der Waals surface area contributed by atoms with Gasteiger partial charge in [-0.15, -0.1) is 0 Å². The van der Waals surface area contributed by atoms with Gasteiger partial charge in [0.25, 0.3) is 0 Å². The quantitative estimate of drug-likeness (QED) is 0.190. The molecule has 2 heteroatoms. The largest absolute Gasteiger partial charge is 0.455 e. The summed E-state index contributed by atoms with van der Waals surface area (Å²) in [5.74, 6) is 0. The third kappa shape index (κ3) is 4.09. The zero-order valence-corrected chi connectivity index (χ0v) is 28.4. The maximum atomic E-state index is 6.63. The van der Waals surface area contributed by atoms with Crippen LogP contribution < -0.4 is 4.90 Å². The fourth-order valence-corrected chi connectivity index (χ4v) is 8.56. The van der Waals surface area contributed by atoms with Gasteiger partial charge >= 0.3 is 0 Å². The molecule has 1 heterocycles. The van der Waals surface area contributed by atoms with Crippen LogP contribution in [0, 0.1) is 6.92 Å². The minimum absolute atomic E-state index is 0.167. The van der Waals surface area contributed by atoms with Gasteiger partial charge in [-0.1, -0.05) is 141 Å². The van der Waals surface area contributed by atoms with Gasteiger partial charge in [-0.3, -0.25) is 0 Å². The summed E-state index contributed by atoms with van der Waals surface area (Å²) < 4.78 is 6.63. The molecule has 0 aliphatic heterocycles. The first kappa shape index (κ1) is 28.9. The van der Waals surface area contributed by atoms with Gasteiger partial charge in [0.1, 0.15) is 11.2 Å². The van der Waals surface area contributed by atoms with Crippen LogP contribution in [0.2, 0.25) is 0 Å². The van der Waals surface area contributed by atoms with Gasteiger partial charge in [0.15, 0.2) is 0 Å². The topological polar surface area (TPSA) is 16.4 Å². The molecule has 0 fully saturated rings. The highest BCUT2D eigenvalue weighted by atomic mass is 16.3. The zero-order chi connectivity index (χ0) is 33.6. The van der Waals surface area contributed by atoms with E-state index < -0.39 is 0 Å². The molecule has 2 nitrogen and oxygen atoms in total. The first-order chi connectivity index (χ1) is 24.5. The fourth-order valence-electron chi connectivity index (χ4n) is 8.56. The lowest BCUT2D eigenvalue weighted by atomic mass is 9.82. The number of aryl methyl sites for hydroxylation is 1. The number of furan rings is 1. The van der Waals surface area contributed by atoms with Crippen molar-refractivity contribution in [1.29, 1.82) is 0 Å². The highest BCUT2D eigenvalue weighted by Crippen LogP contribution is 2.54. The second-order valence-corrected chi connectivity index (χ2v) is 14.2. The Morgan fingerprint density at radius 2 is 1.26 bits per heavy atom. The molecule has 0 bridgehead atoms. The van der Waals surface area contributed by atoms with Gasteiger partial charge in [0, 0.05) is 38.2 Å².